The monoisotopic (exact) mass is 249 g/mol. The Morgan fingerprint density at radius 3 is 3.00 bits per heavy atom. The molecule has 0 saturated heterocycles. The second-order valence-electron chi connectivity index (χ2n) is 3.94. The van der Waals surface area contributed by atoms with Crippen LogP contribution in [-0.2, 0) is 4.79 Å². The molecule has 0 radical (unpaired) electrons. The van der Waals surface area contributed by atoms with Gasteiger partial charge in [0.15, 0.2) is 0 Å². The summed E-state index contributed by atoms with van der Waals surface area (Å²) in [7, 11) is 0. The lowest BCUT2D eigenvalue weighted by atomic mass is 10.2. The van der Waals surface area contributed by atoms with Crippen LogP contribution >= 0.6 is 11.8 Å². The van der Waals surface area contributed by atoms with Gasteiger partial charge in [0, 0.05) is 22.6 Å². The summed E-state index contributed by atoms with van der Waals surface area (Å²) in [6.45, 7) is 1.86. The van der Waals surface area contributed by atoms with E-state index in [-0.39, 0.29) is 11.8 Å². The van der Waals surface area contributed by atoms with Crippen LogP contribution in [0.3, 0.4) is 0 Å². The van der Waals surface area contributed by atoms with Crippen molar-refractivity contribution in [2.75, 3.05) is 5.75 Å². The van der Waals surface area contributed by atoms with Crippen LogP contribution in [0.15, 0.2) is 35.4 Å². The van der Waals surface area contributed by atoms with Gasteiger partial charge in [-0.1, -0.05) is 25.1 Å². The first-order chi connectivity index (χ1) is 8.20. The first-order valence-electron chi connectivity index (χ1n) is 5.41. The normalized spacial score (nSPS) is 12.6. The van der Waals surface area contributed by atoms with Gasteiger partial charge in [-0.2, -0.15) is 0 Å². The molecule has 1 unspecified atom stereocenters. The summed E-state index contributed by atoms with van der Waals surface area (Å²) in [4.78, 5) is 14.6. The number of nitrogens with two attached hydrogens (primary N) is 1. The zero-order valence-corrected chi connectivity index (χ0v) is 10.4. The van der Waals surface area contributed by atoms with Crippen molar-refractivity contribution < 1.29 is 4.79 Å². The molecule has 90 valence electrons. The van der Waals surface area contributed by atoms with E-state index in [4.69, 9.17) is 5.84 Å². The Bertz CT molecular complexity index is 490. The molecule has 17 heavy (non-hydrogen) atoms. The minimum Gasteiger partial charge on any atom is -0.350 e. The number of hydrogen-bond donors (Lipinski definition) is 3. The lowest BCUT2D eigenvalue weighted by Crippen LogP contribution is -2.35. The van der Waals surface area contributed by atoms with Gasteiger partial charge in [0.2, 0.25) is 5.91 Å². The SMILES string of the molecule is CC(CSc1cc2ccccc2[nH]1)C(=O)NN. The molecule has 0 aliphatic heterocycles. The Kier molecular flexibility index (Phi) is 3.71. The average Bonchev–Trinajstić information content (AvgIpc) is 2.77. The van der Waals surface area contributed by atoms with E-state index in [1.54, 1.807) is 11.8 Å². The average molecular weight is 249 g/mol. The third-order valence-corrected chi connectivity index (χ3v) is 3.78. The minimum absolute atomic E-state index is 0.101. The standard InChI is InChI=1S/C12H15N3OS/c1-8(12(16)15-13)7-17-11-6-9-4-2-3-5-10(9)14-11/h2-6,8,14H,7,13H2,1H3,(H,15,16). The van der Waals surface area contributed by atoms with E-state index in [2.05, 4.69) is 22.5 Å². The van der Waals surface area contributed by atoms with Gasteiger partial charge in [0.1, 0.15) is 0 Å². The van der Waals surface area contributed by atoms with E-state index in [0.29, 0.717) is 5.75 Å². The van der Waals surface area contributed by atoms with Gasteiger partial charge >= 0.3 is 0 Å². The third kappa shape index (κ3) is 2.81. The van der Waals surface area contributed by atoms with Crippen molar-refractivity contribution in [3.8, 4) is 0 Å². The highest BCUT2D eigenvalue weighted by molar-refractivity contribution is 7.99. The molecule has 0 aliphatic carbocycles. The van der Waals surface area contributed by atoms with E-state index in [0.717, 1.165) is 10.5 Å². The van der Waals surface area contributed by atoms with Gasteiger partial charge < -0.3 is 4.98 Å². The highest BCUT2D eigenvalue weighted by atomic mass is 32.2. The third-order valence-electron chi connectivity index (χ3n) is 2.58. The molecule has 2 rings (SSSR count). The van der Waals surface area contributed by atoms with E-state index in [1.165, 1.54) is 5.39 Å². The summed E-state index contributed by atoms with van der Waals surface area (Å²) in [5.74, 6) is 5.56. The number of H-pyrrole nitrogens is 1. The summed E-state index contributed by atoms with van der Waals surface area (Å²) >= 11 is 1.63. The topological polar surface area (TPSA) is 70.9 Å². The first kappa shape index (κ1) is 12.0. The lowest BCUT2D eigenvalue weighted by Gasteiger charge is -2.07. The van der Waals surface area contributed by atoms with Gasteiger partial charge in [-0.3, -0.25) is 10.2 Å². The fourth-order valence-corrected chi connectivity index (χ4v) is 2.53. The van der Waals surface area contributed by atoms with Crippen LogP contribution in [0.4, 0.5) is 0 Å². The lowest BCUT2D eigenvalue weighted by molar-refractivity contribution is -0.123. The molecule has 1 aromatic heterocycles. The fourth-order valence-electron chi connectivity index (χ4n) is 1.56. The molecule has 0 saturated carbocycles. The van der Waals surface area contributed by atoms with Crippen LogP contribution in [0.5, 0.6) is 0 Å². The molecule has 4 N–H and O–H groups in total. The molecule has 0 spiro atoms. The van der Waals surface area contributed by atoms with Gasteiger partial charge in [-0.15, -0.1) is 11.8 Å². The second-order valence-corrected chi connectivity index (χ2v) is 5.00. The molecule has 4 nitrogen and oxygen atoms in total. The summed E-state index contributed by atoms with van der Waals surface area (Å²) < 4.78 is 0. The molecule has 0 aliphatic rings. The smallest absolute Gasteiger partial charge is 0.237 e. The Balaban J connectivity index is 2.01. The van der Waals surface area contributed by atoms with Crippen LogP contribution in [0, 0.1) is 5.92 Å². The van der Waals surface area contributed by atoms with Crippen LogP contribution in [0.25, 0.3) is 10.9 Å². The Labute approximate surface area is 104 Å². The van der Waals surface area contributed by atoms with Gasteiger partial charge in [-0.25, -0.2) is 5.84 Å². The van der Waals surface area contributed by atoms with Crippen molar-refractivity contribution in [1.29, 1.82) is 0 Å². The highest BCUT2D eigenvalue weighted by Gasteiger charge is 2.12. The Morgan fingerprint density at radius 2 is 2.29 bits per heavy atom. The number of carbonyl (C=O) groups is 1. The van der Waals surface area contributed by atoms with Crippen LogP contribution in [0.1, 0.15) is 6.92 Å². The number of benzene rings is 1. The maximum atomic E-state index is 11.2. The molecule has 1 atom stereocenters. The number of aromatic amines is 1. The number of thioether (sulfide) groups is 1. The summed E-state index contributed by atoms with van der Waals surface area (Å²) in [6, 6.07) is 10.2. The number of fused-ring (bicyclic) bond motifs is 1. The number of nitrogens with one attached hydrogen (secondary N) is 2. The maximum absolute atomic E-state index is 11.2. The zero-order chi connectivity index (χ0) is 12.3. The van der Waals surface area contributed by atoms with Crippen molar-refractivity contribution in [2.45, 2.75) is 11.9 Å². The predicted molar refractivity (Wildman–Crippen MR) is 70.5 cm³/mol. The molecule has 5 heteroatoms. The number of rotatable bonds is 4. The number of aromatic nitrogens is 1. The zero-order valence-electron chi connectivity index (χ0n) is 9.57. The first-order valence-corrected chi connectivity index (χ1v) is 6.40. The summed E-state index contributed by atoms with van der Waals surface area (Å²) in [5.41, 5.74) is 3.28. The molecule has 0 bridgehead atoms. The van der Waals surface area contributed by atoms with Gasteiger partial charge in [0.25, 0.3) is 0 Å². The Morgan fingerprint density at radius 1 is 1.53 bits per heavy atom. The van der Waals surface area contributed by atoms with Crippen LogP contribution in [0.2, 0.25) is 0 Å². The van der Waals surface area contributed by atoms with Gasteiger partial charge in [-0.05, 0) is 12.1 Å². The van der Waals surface area contributed by atoms with Crippen LogP contribution in [-0.4, -0.2) is 16.6 Å². The molecule has 0 fully saturated rings. The fraction of sp³-hybridized carbons (Fsp3) is 0.250. The van der Waals surface area contributed by atoms with Crippen molar-refractivity contribution >= 4 is 28.6 Å². The maximum Gasteiger partial charge on any atom is 0.237 e. The minimum atomic E-state index is -0.131. The van der Waals surface area contributed by atoms with E-state index < -0.39 is 0 Å². The Hall–Kier alpha value is -1.46. The summed E-state index contributed by atoms with van der Waals surface area (Å²) in [6.07, 6.45) is 0. The van der Waals surface area contributed by atoms with Crippen LogP contribution < -0.4 is 11.3 Å². The molecular formula is C12H15N3OS. The largest absolute Gasteiger partial charge is 0.350 e. The van der Waals surface area contributed by atoms with E-state index in [9.17, 15) is 4.79 Å². The second kappa shape index (κ2) is 5.25. The number of amides is 1. The number of hydrazine groups is 1. The molecule has 1 heterocycles. The summed E-state index contributed by atoms with van der Waals surface area (Å²) in [5, 5.41) is 2.26. The van der Waals surface area contributed by atoms with Crippen molar-refractivity contribution in [2.24, 2.45) is 11.8 Å². The molecule has 1 aromatic carbocycles. The number of hydrogen-bond acceptors (Lipinski definition) is 3. The van der Waals surface area contributed by atoms with E-state index in [1.807, 2.05) is 25.1 Å². The van der Waals surface area contributed by atoms with Gasteiger partial charge in [0.05, 0.1) is 5.03 Å². The predicted octanol–water partition coefficient (Wildman–Crippen LogP) is 1.89. The van der Waals surface area contributed by atoms with Crippen molar-refractivity contribution in [3.05, 3.63) is 30.3 Å². The van der Waals surface area contributed by atoms with Crippen molar-refractivity contribution in [3.63, 3.8) is 0 Å². The number of carbonyl (C=O) groups excluding carboxylic acids is 1. The highest BCUT2D eigenvalue weighted by Crippen LogP contribution is 2.24. The molecule has 2 aromatic rings. The number of para-hydroxylation sites is 1. The molecule has 1 amide bonds. The van der Waals surface area contributed by atoms with Crippen molar-refractivity contribution in [1.82, 2.24) is 10.4 Å². The van der Waals surface area contributed by atoms with E-state index >= 15 is 0 Å². The molecular weight excluding hydrogens is 234 g/mol. The quantitative estimate of drug-likeness (QED) is 0.335.